The molecule has 0 aliphatic carbocycles. The van der Waals surface area contributed by atoms with Crippen LogP contribution >= 0.6 is 15.9 Å². The Balaban J connectivity index is 2.79. The molecule has 1 atom stereocenters. The van der Waals surface area contributed by atoms with Crippen molar-refractivity contribution in [3.8, 4) is 0 Å². The van der Waals surface area contributed by atoms with Gasteiger partial charge in [0, 0.05) is 11.6 Å². The van der Waals surface area contributed by atoms with Crippen LogP contribution in [-0.2, 0) is 0 Å². The van der Waals surface area contributed by atoms with E-state index in [-0.39, 0.29) is 10.0 Å². The number of hydrogen-bond donors (Lipinski definition) is 2. The van der Waals surface area contributed by atoms with Gasteiger partial charge in [-0.1, -0.05) is 0 Å². The SMILES string of the molecule is O=C(NCC(O)C(F)(F)F)c1ccc(Br)c([N+](=O)[O-])c1. The number of amides is 1. The van der Waals surface area contributed by atoms with Crippen LogP contribution in [0.15, 0.2) is 22.7 Å². The third kappa shape index (κ3) is 4.17. The Hall–Kier alpha value is -1.68. The lowest BCUT2D eigenvalue weighted by Gasteiger charge is -2.14. The van der Waals surface area contributed by atoms with Crippen LogP contribution in [0.1, 0.15) is 10.4 Å². The van der Waals surface area contributed by atoms with Crippen molar-refractivity contribution in [2.24, 2.45) is 0 Å². The Morgan fingerprint density at radius 1 is 1.50 bits per heavy atom. The molecule has 1 amide bonds. The zero-order chi connectivity index (χ0) is 15.5. The van der Waals surface area contributed by atoms with Crippen LogP contribution in [0.2, 0.25) is 0 Å². The van der Waals surface area contributed by atoms with Gasteiger partial charge in [0.2, 0.25) is 0 Å². The highest BCUT2D eigenvalue weighted by Crippen LogP contribution is 2.25. The van der Waals surface area contributed by atoms with E-state index in [1.165, 1.54) is 12.1 Å². The fraction of sp³-hybridized carbons (Fsp3) is 0.300. The van der Waals surface area contributed by atoms with Crippen molar-refractivity contribution in [1.82, 2.24) is 5.32 Å². The van der Waals surface area contributed by atoms with Crippen LogP contribution in [-0.4, -0.2) is 34.8 Å². The number of alkyl halides is 3. The minimum Gasteiger partial charge on any atom is -0.382 e. The summed E-state index contributed by atoms with van der Waals surface area (Å²) in [6, 6.07) is 3.35. The van der Waals surface area contributed by atoms with Crippen molar-refractivity contribution in [2.75, 3.05) is 6.54 Å². The Bertz CT molecular complexity index is 536. The number of aliphatic hydroxyl groups is 1. The molecule has 2 N–H and O–H groups in total. The zero-order valence-electron chi connectivity index (χ0n) is 9.65. The summed E-state index contributed by atoms with van der Waals surface area (Å²) >= 11 is 2.91. The van der Waals surface area contributed by atoms with Crippen molar-refractivity contribution < 1.29 is 28.0 Å². The largest absolute Gasteiger partial charge is 0.416 e. The predicted octanol–water partition coefficient (Wildman–Crippen LogP) is 2.01. The Labute approximate surface area is 118 Å². The third-order valence-corrected chi connectivity index (χ3v) is 2.91. The average molecular weight is 357 g/mol. The summed E-state index contributed by atoms with van der Waals surface area (Å²) in [5.41, 5.74) is -0.580. The average Bonchev–Trinajstić information content (AvgIpc) is 2.34. The molecule has 1 unspecified atom stereocenters. The highest BCUT2D eigenvalue weighted by molar-refractivity contribution is 9.10. The molecule has 0 bridgehead atoms. The number of carbonyl (C=O) groups excluding carboxylic acids is 1. The molecule has 0 aromatic heterocycles. The maximum Gasteiger partial charge on any atom is 0.416 e. The van der Waals surface area contributed by atoms with Crippen molar-refractivity contribution in [3.05, 3.63) is 38.3 Å². The minimum atomic E-state index is -4.85. The Morgan fingerprint density at radius 2 is 2.10 bits per heavy atom. The molecule has 6 nitrogen and oxygen atoms in total. The number of benzene rings is 1. The van der Waals surface area contributed by atoms with Crippen LogP contribution in [0.25, 0.3) is 0 Å². The van der Waals surface area contributed by atoms with Crippen LogP contribution in [0.3, 0.4) is 0 Å². The number of carbonyl (C=O) groups is 1. The summed E-state index contributed by atoms with van der Waals surface area (Å²) in [4.78, 5) is 21.4. The van der Waals surface area contributed by atoms with Gasteiger partial charge < -0.3 is 10.4 Å². The van der Waals surface area contributed by atoms with Crippen LogP contribution < -0.4 is 5.32 Å². The molecule has 0 saturated heterocycles. The normalized spacial score (nSPS) is 12.8. The van der Waals surface area contributed by atoms with Gasteiger partial charge in [-0.2, -0.15) is 13.2 Å². The molecule has 0 fully saturated rings. The summed E-state index contributed by atoms with van der Waals surface area (Å²) in [6.07, 6.45) is -7.55. The quantitative estimate of drug-likeness (QED) is 0.637. The molecular formula is C10H8BrF3N2O4. The number of nitro groups is 1. The Morgan fingerprint density at radius 3 is 2.60 bits per heavy atom. The van der Waals surface area contributed by atoms with E-state index in [2.05, 4.69) is 15.9 Å². The molecule has 0 spiro atoms. The summed E-state index contributed by atoms with van der Waals surface area (Å²) in [5, 5.41) is 21.2. The first-order valence-corrected chi connectivity index (χ1v) is 5.89. The van der Waals surface area contributed by atoms with E-state index in [0.29, 0.717) is 0 Å². The van der Waals surface area contributed by atoms with Crippen molar-refractivity contribution in [2.45, 2.75) is 12.3 Å². The highest BCUT2D eigenvalue weighted by Gasteiger charge is 2.38. The number of aliphatic hydroxyl groups excluding tert-OH is 1. The molecular weight excluding hydrogens is 349 g/mol. The number of rotatable bonds is 4. The van der Waals surface area contributed by atoms with Crippen molar-refractivity contribution in [1.29, 1.82) is 0 Å². The van der Waals surface area contributed by atoms with Gasteiger partial charge in [-0.15, -0.1) is 0 Å². The first-order chi connectivity index (χ1) is 9.12. The second-order valence-corrected chi connectivity index (χ2v) is 4.55. The van der Waals surface area contributed by atoms with E-state index in [9.17, 15) is 28.1 Å². The van der Waals surface area contributed by atoms with Crippen LogP contribution in [0.4, 0.5) is 18.9 Å². The highest BCUT2D eigenvalue weighted by atomic mass is 79.9. The molecule has 0 heterocycles. The molecule has 110 valence electrons. The lowest BCUT2D eigenvalue weighted by atomic mass is 10.2. The monoisotopic (exact) mass is 356 g/mol. The second-order valence-electron chi connectivity index (χ2n) is 3.69. The standard InChI is InChI=1S/C10H8BrF3N2O4/c11-6-2-1-5(3-7(6)16(19)20)9(18)15-4-8(17)10(12,13)14/h1-3,8,17H,4H2,(H,15,18). The Kier molecular flexibility index (Phi) is 5.06. The first kappa shape index (κ1) is 16.4. The topological polar surface area (TPSA) is 92.5 Å². The van der Waals surface area contributed by atoms with E-state index in [1.54, 1.807) is 0 Å². The van der Waals surface area contributed by atoms with E-state index >= 15 is 0 Å². The molecule has 0 aliphatic rings. The molecule has 10 heteroatoms. The fourth-order valence-corrected chi connectivity index (χ4v) is 1.59. The molecule has 0 saturated carbocycles. The number of halogens is 4. The van der Waals surface area contributed by atoms with Gasteiger partial charge in [0.15, 0.2) is 6.10 Å². The molecule has 1 rings (SSSR count). The number of nitrogens with zero attached hydrogens (tertiary/aromatic N) is 1. The molecule has 1 aromatic rings. The van der Waals surface area contributed by atoms with E-state index < -0.39 is 35.3 Å². The van der Waals surface area contributed by atoms with Gasteiger partial charge in [-0.25, -0.2) is 0 Å². The lowest BCUT2D eigenvalue weighted by molar-refractivity contribution is -0.385. The number of nitrogens with one attached hydrogen (secondary N) is 1. The van der Waals surface area contributed by atoms with E-state index in [4.69, 9.17) is 5.11 Å². The van der Waals surface area contributed by atoms with Gasteiger partial charge in [0.05, 0.1) is 15.9 Å². The maximum atomic E-state index is 12.0. The van der Waals surface area contributed by atoms with Crippen molar-refractivity contribution in [3.63, 3.8) is 0 Å². The molecule has 20 heavy (non-hydrogen) atoms. The van der Waals surface area contributed by atoms with E-state index in [1.807, 2.05) is 5.32 Å². The summed E-state index contributed by atoms with van der Waals surface area (Å²) in [5.74, 6) is -0.955. The zero-order valence-corrected chi connectivity index (χ0v) is 11.2. The lowest BCUT2D eigenvalue weighted by Crippen LogP contribution is -2.40. The van der Waals surface area contributed by atoms with Crippen LogP contribution in [0, 0.1) is 10.1 Å². The molecule has 1 aromatic carbocycles. The minimum absolute atomic E-state index is 0.134. The van der Waals surface area contributed by atoms with Crippen LogP contribution in [0.5, 0.6) is 0 Å². The second kappa shape index (κ2) is 6.18. The van der Waals surface area contributed by atoms with Gasteiger partial charge in [0.25, 0.3) is 11.6 Å². The summed E-state index contributed by atoms with van der Waals surface area (Å²) in [6.45, 7) is -1.04. The van der Waals surface area contributed by atoms with E-state index in [0.717, 1.165) is 6.07 Å². The van der Waals surface area contributed by atoms with Crippen molar-refractivity contribution >= 4 is 27.5 Å². The molecule has 0 aliphatic heterocycles. The number of hydrogen-bond acceptors (Lipinski definition) is 4. The van der Waals surface area contributed by atoms with Gasteiger partial charge in [-0.05, 0) is 28.1 Å². The maximum absolute atomic E-state index is 12.0. The van der Waals surface area contributed by atoms with Gasteiger partial charge in [0.1, 0.15) is 0 Å². The third-order valence-electron chi connectivity index (χ3n) is 2.24. The fourth-order valence-electron chi connectivity index (χ4n) is 1.20. The van der Waals surface area contributed by atoms with Gasteiger partial charge >= 0.3 is 6.18 Å². The first-order valence-electron chi connectivity index (χ1n) is 5.10. The summed E-state index contributed by atoms with van der Waals surface area (Å²) in [7, 11) is 0. The predicted molar refractivity (Wildman–Crippen MR) is 65.2 cm³/mol. The number of nitro benzene ring substituents is 1. The molecule has 0 radical (unpaired) electrons. The smallest absolute Gasteiger partial charge is 0.382 e. The summed E-state index contributed by atoms with van der Waals surface area (Å²) < 4.78 is 36.2. The van der Waals surface area contributed by atoms with Gasteiger partial charge in [-0.3, -0.25) is 14.9 Å².